The average Bonchev–Trinajstić information content (AvgIpc) is 3.26. The molecule has 1 aromatic heterocycles. The van der Waals surface area contributed by atoms with Crippen LogP contribution in [0.2, 0.25) is 0 Å². The number of alkyl halides is 3. The molecule has 0 fully saturated rings. The van der Waals surface area contributed by atoms with E-state index in [1.807, 2.05) is 0 Å². The van der Waals surface area contributed by atoms with Crippen molar-refractivity contribution in [2.24, 2.45) is 0 Å². The summed E-state index contributed by atoms with van der Waals surface area (Å²) in [6, 6.07) is 6.55. The van der Waals surface area contributed by atoms with E-state index in [1.54, 1.807) is 12.1 Å². The van der Waals surface area contributed by atoms with Gasteiger partial charge in [0.15, 0.2) is 6.10 Å². The van der Waals surface area contributed by atoms with E-state index in [-0.39, 0.29) is 12.3 Å². The van der Waals surface area contributed by atoms with Gasteiger partial charge < -0.3 is 24.7 Å². The fourth-order valence-electron chi connectivity index (χ4n) is 2.89. The highest BCUT2D eigenvalue weighted by Crippen LogP contribution is 2.23. The van der Waals surface area contributed by atoms with Crippen LogP contribution in [0.15, 0.2) is 28.7 Å². The van der Waals surface area contributed by atoms with Crippen LogP contribution in [-0.4, -0.2) is 65.4 Å². The molecule has 0 aliphatic rings. The van der Waals surface area contributed by atoms with Crippen LogP contribution >= 0.6 is 0 Å². The van der Waals surface area contributed by atoms with Crippen molar-refractivity contribution in [3.05, 3.63) is 24.3 Å². The summed E-state index contributed by atoms with van der Waals surface area (Å²) in [6.07, 6.45) is -5.92. The van der Waals surface area contributed by atoms with Crippen LogP contribution in [0.25, 0.3) is 11.5 Å². The zero-order valence-electron chi connectivity index (χ0n) is 18.7. The summed E-state index contributed by atoms with van der Waals surface area (Å²) in [5.41, 5.74) is 0.895. The lowest BCUT2D eigenvalue weighted by Gasteiger charge is -2.17. The Balaban J connectivity index is 1.89. The molecule has 0 radical (unpaired) electrons. The number of hydrogen-bond acceptors (Lipinski definition) is 8. The predicted molar refractivity (Wildman–Crippen MR) is 115 cm³/mol. The van der Waals surface area contributed by atoms with Crippen LogP contribution in [0, 0.1) is 0 Å². The van der Waals surface area contributed by atoms with Gasteiger partial charge in [0.2, 0.25) is 5.89 Å². The number of amides is 1. The molecule has 1 heterocycles. The highest BCUT2D eigenvalue weighted by molar-refractivity contribution is 5.95. The minimum Gasteiger partial charge on any atom is -0.446 e. The van der Waals surface area contributed by atoms with Crippen molar-refractivity contribution >= 4 is 23.6 Å². The lowest BCUT2D eigenvalue weighted by atomic mass is 10.2. The van der Waals surface area contributed by atoms with Gasteiger partial charge in [-0.1, -0.05) is 25.9 Å². The lowest BCUT2D eigenvalue weighted by molar-refractivity contribution is -0.204. The molecule has 0 aliphatic carbocycles. The maximum absolute atomic E-state index is 12.4. The third-order valence-corrected chi connectivity index (χ3v) is 4.79. The lowest BCUT2D eigenvalue weighted by Crippen LogP contribution is -2.36. The molecule has 0 saturated carbocycles. The number of esters is 1. The van der Waals surface area contributed by atoms with Crippen molar-refractivity contribution in [1.82, 2.24) is 15.1 Å². The summed E-state index contributed by atoms with van der Waals surface area (Å²) >= 11 is 0. The minimum absolute atomic E-state index is 0.113. The number of benzene rings is 1. The number of nitrogens with one attached hydrogen (secondary N) is 2. The van der Waals surface area contributed by atoms with Crippen LogP contribution in [0.3, 0.4) is 0 Å². The minimum atomic E-state index is -5.17. The van der Waals surface area contributed by atoms with Crippen LogP contribution in [0.5, 0.6) is 0 Å². The molecule has 33 heavy (non-hydrogen) atoms. The molecule has 9 nitrogen and oxygen atoms in total. The number of halogens is 3. The number of anilines is 2. The van der Waals surface area contributed by atoms with E-state index in [4.69, 9.17) is 4.42 Å². The summed E-state index contributed by atoms with van der Waals surface area (Å²) < 4.78 is 46.9. The van der Waals surface area contributed by atoms with Crippen molar-refractivity contribution < 1.29 is 31.9 Å². The molecule has 2 N–H and O–H groups in total. The van der Waals surface area contributed by atoms with Gasteiger partial charge in [0, 0.05) is 17.8 Å². The normalized spacial score (nSPS) is 12.5. The second-order valence-electron chi connectivity index (χ2n) is 7.09. The second kappa shape index (κ2) is 12.2. The number of aromatic nitrogens is 2. The molecule has 12 heteroatoms. The van der Waals surface area contributed by atoms with E-state index in [0.717, 1.165) is 26.1 Å². The van der Waals surface area contributed by atoms with Gasteiger partial charge in [-0.25, -0.2) is 4.79 Å². The van der Waals surface area contributed by atoms with Gasteiger partial charge in [0.05, 0.1) is 0 Å². The monoisotopic (exact) mass is 471 g/mol. The second-order valence-corrected chi connectivity index (χ2v) is 7.09. The van der Waals surface area contributed by atoms with E-state index < -0.39 is 24.2 Å². The molecule has 0 saturated heterocycles. The van der Waals surface area contributed by atoms with Gasteiger partial charge in [-0.05, 0) is 56.7 Å². The predicted octanol–water partition coefficient (Wildman–Crippen LogP) is 3.70. The SMILES string of the molecule is CCC(OC(=O)C(F)(F)F)C(=O)Nc1ccc(-c2nnc(NCCCN(CC)CC)o2)cc1. The van der Waals surface area contributed by atoms with E-state index in [2.05, 4.69) is 44.3 Å². The quantitative estimate of drug-likeness (QED) is 0.356. The zero-order valence-corrected chi connectivity index (χ0v) is 18.7. The van der Waals surface area contributed by atoms with Crippen molar-refractivity contribution in [3.63, 3.8) is 0 Å². The molecular formula is C21H28F3N5O4. The molecule has 1 aromatic carbocycles. The smallest absolute Gasteiger partial charge is 0.446 e. The maximum atomic E-state index is 12.4. The highest BCUT2D eigenvalue weighted by Gasteiger charge is 2.43. The summed E-state index contributed by atoms with van der Waals surface area (Å²) in [6.45, 7) is 9.29. The number of ether oxygens (including phenoxy) is 1. The van der Waals surface area contributed by atoms with E-state index in [9.17, 15) is 22.8 Å². The Morgan fingerprint density at radius 2 is 1.79 bits per heavy atom. The van der Waals surface area contributed by atoms with Crippen molar-refractivity contribution in [2.45, 2.75) is 45.9 Å². The molecule has 2 aromatic rings. The fourth-order valence-corrected chi connectivity index (χ4v) is 2.89. The molecule has 1 atom stereocenters. The first kappa shape index (κ1) is 26.1. The topological polar surface area (TPSA) is 110 Å². The Bertz CT molecular complexity index is 898. The standard InChI is InChI=1S/C21H28F3N5O4/c1-4-16(32-19(31)21(22,23)24)17(30)26-15-10-8-14(9-11-15)18-27-28-20(33-18)25-12-7-13-29(5-2)6-3/h8-11,16H,4-7,12-13H2,1-3H3,(H,25,28)(H,26,30). The molecule has 1 amide bonds. The Hall–Kier alpha value is -3.15. The molecule has 0 spiro atoms. The Morgan fingerprint density at radius 1 is 1.12 bits per heavy atom. The van der Waals surface area contributed by atoms with Crippen LogP contribution in [0.1, 0.15) is 33.6 Å². The largest absolute Gasteiger partial charge is 0.490 e. The number of nitrogens with zero attached hydrogens (tertiary/aromatic N) is 3. The van der Waals surface area contributed by atoms with Crippen molar-refractivity contribution in [2.75, 3.05) is 36.8 Å². The first-order valence-corrected chi connectivity index (χ1v) is 10.7. The number of carbonyl (C=O) groups excluding carboxylic acids is 2. The van der Waals surface area contributed by atoms with Crippen molar-refractivity contribution in [3.8, 4) is 11.5 Å². The molecule has 1 unspecified atom stereocenters. The van der Waals surface area contributed by atoms with E-state index in [0.29, 0.717) is 23.8 Å². The summed E-state index contributed by atoms with van der Waals surface area (Å²) in [5.74, 6) is -3.00. The Kier molecular flexibility index (Phi) is 9.64. The van der Waals surface area contributed by atoms with Crippen LogP contribution in [-0.2, 0) is 14.3 Å². The highest BCUT2D eigenvalue weighted by atomic mass is 19.4. The van der Waals surface area contributed by atoms with Gasteiger partial charge in [-0.3, -0.25) is 4.79 Å². The molecule has 0 bridgehead atoms. The summed E-state index contributed by atoms with van der Waals surface area (Å²) in [7, 11) is 0. The van der Waals surface area contributed by atoms with Crippen LogP contribution < -0.4 is 10.6 Å². The fraction of sp³-hybridized carbons (Fsp3) is 0.524. The third-order valence-electron chi connectivity index (χ3n) is 4.79. The average molecular weight is 471 g/mol. The van der Waals surface area contributed by atoms with Gasteiger partial charge in [-0.2, -0.15) is 13.2 Å². The molecule has 0 aliphatic heterocycles. The first-order chi connectivity index (χ1) is 15.7. The van der Waals surface area contributed by atoms with Crippen LogP contribution in [0.4, 0.5) is 24.9 Å². The molecule has 2 rings (SSSR count). The Morgan fingerprint density at radius 3 is 2.36 bits per heavy atom. The Labute approximate surface area is 189 Å². The maximum Gasteiger partial charge on any atom is 0.490 e. The van der Waals surface area contributed by atoms with Gasteiger partial charge in [0.25, 0.3) is 5.91 Å². The molecular weight excluding hydrogens is 443 g/mol. The molecule has 182 valence electrons. The summed E-state index contributed by atoms with van der Waals surface area (Å²) in [5, 5.41) is 13.4. The van der Waals surface area contributed by atoms with Crippen molar-refractivity contribution in [1.29, 1.82) is 0 Å². The van der Waals surface area contributed by atoms with E-state index >= 15 is 0 Å². The van der Waals surface area contributed by atoms with Gasteiger partial charge in [0.1, 0.15) is 0 Å². The number of rotatable bonds is 12. The van der Waals surface area contributed by atoms with E-state index in [1.165, 1.54) is 19.1 Å². The third kappa shape index (κ3) is 8.04. The number of hydrogen-bond donors (Lipinski definition) is 2. The first-order valence-electron chi connectivity index (χ1n) is 10.7. The number of carbonyl (C=O) groups is 2. The zero-order chi connectivity index (χ0) is 24.4. The summed E-state index contributed by atoms with van der Waals surface area (Å²) in [4.78, 5) is 25.4. The van der Waals surface area contributed by atoms with Gasteiger partial charge >= 0.3 is 18.2 Å². The van der Waals surface area contributed by atoms with Gasteiger partial charge in [-0.15, -0.1) is 5.10 Å².